The van der Waals surface area contributed by atoms with E-state index in [0.717, 1.165) is 35.4 Å². The molecule has 1 atom stereocenters. The zero-order valence-electron chi connectivity index (χ0n) is 12.9. The summed E-state index contributed by atoms with van der Waals surface area (Å²) >= 11 is 3.68. The first-order valence-electron chi connectivity index (χ1n) is 6.93. The van der Waals surface area contributed by atoms with E-state index in [-0.39, 0.29) is 17.7 Å². The number of fused-ring (bicyclic) bond motifs is 1. The molecule has 1 unspecified atom stereocenters. The fraction of sp³-hybridized carbons (Fsp3) is 0.786. The molecule has 2 rings (SSSR count). The van der Waals surface area contributed by atoms with Gasteiger partial charge >= 0.3 is 0 Å². The molecule has 0 aliphatic carbocycles. The van der Waals surface area contributed by atoms with Gasteiger partial charge in [0.1, 0.15) is 11.9 Å². The fourth-order valence-corrected chi connectivity index (χ4v) is 3.14. The Morgan fingerprint density at radius 1 is 1.40 bits per heavy atom. The Bertz CT molecular complexity index is 464. The lowest BCUT2D eigenvalue weighted by molar-refractivity contribution is -0.135. The molecule has 1 aliphatic rings. The monoisotopic (exact) mass is 345 g/mol. The van der Waals surface area contributed by atoms with E-state index in [0.29, 0.717) is 0 Å². The number of hydrogen-bond acceptors (Lipinski definition) is 4. The summed E-state index contributed by atoms with van der Waals surface area (Å²) in [5.41, 5.74) is 1.28. The summed E-state index contributed by atoms with van der Waals surface area (Å²) in [7, 11) is 3.34. The highest BCUT2D eigenvalue weighted by atomic mass is 79.9. The summed E-state index contributed by atoms with van der Waals surface area (Å²) in [4.78, 5) is 0. The maximum Gasteiger partial charge on any atom is 0.179 e. The molecule has 5 nitrogen and oxygen atoms in total. The Balaban J connectivity index is 2.35. The Morgan fingerprint density at radius 3 is 2.60 bits per heavy atom. The zero-order chi connectivity index (χ0) is 14.9. The number of rotatable bonds is 4. The minimum absolute atomic E-state index is 0.103. The summed E-state index contributed by atoms with van der Waals surface area (Å²) in [6, 6.07) is 0.103. The summed E-state index contributed by atoms with van der Waals surface area (Å²) < 4.78 is 13.9. The van der Waals surface area contributed by atoms with E-state index in [4.69, 9.17) is 14.6 Å². The lowest BCUT2D eigenvalue weighted by Gasteiger charge is -2.30. The van der Waals surface area contributed by atoms with Crippen molar-refractivity contribution >= 4 is 21.7 Å². The first-order chi connectivity index (χ1) is 9.37. The normalized spacial score (nSPS) is 19.1. The molecule has 0 spiro atoms. The molecule has 1 aromatic rings. The van der Waals surface area contributed by atoms with Crippen LogP contribution in [0.3, 0.4) is 0 Å². The van der Waals surface area contributed by atoms with Crippen molar-refractivity contribution in [1.82, 2.24) is 9.78 Å². The molecule has 1 aromatic heterocycles. The molecule has 1 aliphatic heterocycles. The Hall–Kier alpha value is -0.590. The van der Waals surface area contributed by atoms with Gasteiger partial charge < -0.3 is 14.8 Å². The molecule has 0 amide bonds. The van der Waals surface area contributed by atoms with Gasteiger partial charge in [0.05, 0.1) is 10.2 Å². The molecule has 6 heteroatoms. The Kier molecular flexibility index (Phi) is 4.76. The van der Waals surface area contributed by atoms with Crippen LogP contribution in [0.4, 0.5) is 5.82 Å². The van der Waals surface area contributed by atoms with Gasteiger partial charge in [-0.15, -0.1) is 0 Å². The van der Waals surface area contributed by atoms with E-state index in [2.05, 4.69) is 42.0 Å². The fourth-order valence-electron chi connectivity index (χ4n) is 2.60. The molecule has 1 N–H and O–H groups in total. The van der Waals surface area contributed by atoms with Crippen molar-refractivity contribution in [1.29, 1.82) is 0 Å². The number of nitrogens with zero attached hydrogens (tertiary/aromatic N) is 2. The van der Waals surface area contributed by atoms with Crippen molar-refractivity contribution in [3.05, 3.63) is 10.2 Å². The molecular formula is C14H24BrN3O2. The van der Waals surface area contributed by atoms with Gasteiger partial charge in [0.25, 0.3) is 0 Å². The van der Waals surface area contributed by atoms with E-state index >= 15 is 0 Å². The predicted octanol–water partition coefficient (Wildman–Crippen LogP) is 3.21. The van der Waals surface area contributed by atoms with E-state index in [9.17, 15) is 0 Å². The molecule has 0 fully saturated rings. The van der Waals surface area contributed by atoms with Gasteiger partial charge in [0, 0.05) is 20.8 Å². The summed E-state index contributed by atoms with van der Waals surface area (Å²) in [6.45, 7) is 7.55. The number of hydrogen-bond donors (Lipinski definition) is 1. The predicted molar refractivity (Wildman–Crippen MR) is 83.0 cm³/mol. The first kappa shape index (κ1) is 15.8. The van der Waals surface area contributed by atoms with Gasteiger partial charge in [-0.1, -0.05) is 20.8 Å². The molecular weight excluding hydrogens is 322 g/mol. The average Bonchev–Trinajstić information content (AvgIpc) is 2.67. The van der Waals surface area contributed by atoms with Crippen LogP contribution >= 0.6 is 15.9 Å². The van der Waals surface area contributed by atoms with E-state index in [1.54, 1.807) is 14.2 Å². The van der Waals surface area contributed by atoms with Crippen molar-refractivity contribution in [2.24, 2.45) is 5.41 Å². The van der Waals surface area contributed by atoms with Crippen molar-refractivity contribution in [2.75, 3.05) is 26.1 Å². The lowest BCUT2D eigenvalue weighted by Crippen LogP contribution is -2.34. The Morgan fingerprint density at radius 2 is 2.05 bits per heavy atom. The Labute approximate surface area is 129 Å². The standard InChI is InChI=1S/C14H24BrN3O2/c1-14(2,3)8-9-11(15)12-16-7-6-10(18(12)17-9)13(19-4)20-5/h10,13,16H,6-8H2,1-5H3. The number of nitrogens with one attached hydrogen (secondary N) is 1. The highest BCUT2D eigenvalue weighted by Gasteiger charge is 2.32. The van der Waals surface area contributed by atoms with Crippen LogP contribution in [0.1, 0.15) is 38.9 Å². The molecule has 2 heterocycles. The van der Waals surface area contributed by atoms with Gasteiger partial charge in [0.15, 0.2) is 6.29 Å². The molecule has 0 bridgehead atoms. The number of ether oxygens (including phenoxy) is 2. The maximum atomic E-state index is 5.42. The third-order valence-electron chi connectivity index (χ3n) is 3.44. The van der Waals surface area contributed by atoms with E-state index in [1.165, 1.54) is 0 Å². The van der Waals surface area contributed by atoms with E-state index < -0.39 is 0 Å². The lowest BCUT2D eigenvalue weighted by atomic mass is 9.91. The number of halogens is 1. The van der Waals surface area contributed by atoms with Crippen LogP contribution in [0, 0.1) is 5.41 Å². The average molecular weight is 346 g/mol. The molecule has 0 aromatic carbocycles. The summed E-state index contributed by atoms with van der Waals surface area (Å²) in [5.74, 6) is 1.03. The molecule has 0 saturated heterocycles. The highest BCUT2D eigenvalue weighted by molar-refractivity contribution is 9.10. The SMILES string of the molecule is COC(OC)C1CCNc2c(Br)c(CC(C)(C)C)nn21. The smallest absolute Gasteiger partial charge is 0.179 e. The second-order valence-corrected chi connectivity index (χ2v) is 7.21. The van der Waals surface area contributed by atoms with Gasteiger partial charge in [-0.05, 0) is 34.2 Å². The largest absolute Gasteiger partial charge is 0.369 e. The van der Waals surface area contributed by atoms with Gasteiger partial charge in [-0.3, -0.25) is 0 Å². The van der Waals surface area contributed by atoms with Gasteiger partial charge in [-0.25, -0.2) is 4.68 Å². The highest BCUT2D eigenvalue weighted by Crippen LogP contribution is 2.37. The number of methoxy groups -OCH3 is 2. The third kappa shape index (κ3) is 3.18. The van der Waals surface area contributed by atoms with Crippen LogP contribution in [0.2, 0.25) is 0 Å². The van der Waals surface area contributed by atoms with Crippen molar-refractivity contribution in [3.63, 3.8) is 0 Å². The van der Waals surface area contributed by atoms with Gasteiger partial charge in [-0.2, -0.15) is 5.10 Å². The van der Waals surface area contributed by atoms with Crippen LogP contribution < -0.4 is 5.32 Å². The van der Waals surface area contributed by atoms with Crippen molar-refractivity contribution in [3.8, 4) is 0 Å². The number of anilines is 1. The number of aromatic nitrogens is 2. The molecule has 20 heavy (non-hydrogen) atoms. The van der Waals surface area contributed by atoms with Crippen LogP contribution in [-0.2, 0) is 15.9 Å². The summed E-state index contributed by atoms with van der Waals surface area (Å²) in [5, 5.41) is 8.19. The topological polar surface area (TPSA) is 48.3 Å². The third-order valence-corrected chi connectivity index (χ3v) is 4.28. The van der Waals surface area contributed by atoms with Gasteiger partial charge in [0.2, 0.25) is 0 Å². The molecule has 0 radical (unpaired) electrons. The van der Waals surface area contributed by atoms with Crippen LogP contribution in [0.25, 0.3) is 0 Å². The van der Waals surface area contributed by atoms with E-state index in [1.807, 2.05) is 4.68 Å². The summed E-state index contributed by atoms with van der Waals surface area (Å²) in [6.07, 6.45) is 1.58. The van der Waals surface area contributed by atoms with Crippen LogP contribution in [0.5, 0.6) is 0 Å². The molecule has 114 valence electrons. The van der Waals surface area contributed by atoms with Crippen LogP contribution in [0.15, 0.2) is 4.47 Å². The second kappa shape index (κ2) is 6.03. The quantitative estimate of drug-likeness (QED) is 0.851. The zero-order valence-corrected chi connectivity index (χ0v) is 14.5. The van der Waals surface area contributed by atoms with Crippen molar-refractivity contribution in [2.45, 2.75) is 45.9 Å². The second-order valence-electron chi connectivity index (χ2n) is 6.41. The maximum absolute atomic E-state index is 5.42. The van der Waals surface area contributed by atoms with Crippen molar-refractivity contribution < 1.29 is 9.47 Å². The van der Waals surface area contributed by atoms with Crippen LogP contribution in [-0.4, -0.2) is 36.8 Å². The minimum atomic E-state index is -0.273. The molecule has 0 saturated carbocycles. The first-order valence-corrected chi connectivity index (χ1v) is 7.73. The minimum Gasteiger partial charge on any atom is -0.369 e.